The Balaban J connectivity index is 1.64. The van der Waals surface area contributed by atoms with Gasteiger partial charge in [0.1, 0.15) is 5.60 Å². The molecule has 6 nitrogen and oxygen atoms in total. The molecule has 2 bridgehead atoms. The molecule has 22 heavy (non-hydrogen) atoms. The highest BCUT2D eigenvalue weighted by atomic mass is 16.6. The van der Waals surface area contributed by atoms with Crippen molar-refractivity contribution in [2.45, 2.75) is 45.3 Å². The predicted octanol–water partition coefficient (Wildman–Crippen LogP) is 1.23. The number of carbonyl (C=O) groups excluding carboxylic acids is 1. The van der Waals surface area contributed by atoms with Crippen LogP contribution < -0.4 is 5.32 Å². The Morgan fingerprint density at radius 3 is 2.55 bits per heavy atom. The molecule has 3 aliphatic rings. The molecule has 2 saturated heterocycles. The van der Waals surface area contributed by atoms with Gasteiger partial charge >= 0.3 is 6.09 Å². The van der Waals surface area contributed by atoms with Crippen LogP contribution in [-0.2, 0) is 9.47 Å². The van der Waals surface area contributed by atoms with E-state index >= 15 is 0 Å². The van der Waals surface area contributed by atoms with E-state index in [0.717, 1.165) is 26.1 Å². The van der Waals surface area contributed by atoms with Gasteiger partial charge in [0.15, 0.2) is 0 Å². The lowest BCUT2D eigenvalue weighted by Crippen LogP contribution is -2.64. The van der Waals surface area contributed by atoms with E-state index in [1.807, 2.05) is 25.7 Å². The minimum absolute atomic E-state index is 0.0840. The van der Waals surface area contributed by atoms with Gasteiger partial charge in [-0.25, -0.2) is 4.79 Å². The summed E-state index contributed by atoms with van der Waals surface area (Å²) in [5.74, 6) is 1.09. The lowest BCUT2D eigenvalue weighted by atomic mass is 9.66. The maximum Gasteiger partial charge on any atom is 0.410 e. The Labute approximate surface area is 133 Å². The van der Waals surface area contributed by atoms with Gasteiger partial charge < -0.3 is 24.8 Å². The predicted molar refractivity (Wildman–Crippen MR) is 83.7 cm³/mol. The lowest BCUT2D eigenvalue weighted by Gasteiger charge is -2.53. The summed E-state index contributed by atoms with van der Waals surface area (Å²) in [6, 6.07) is 0.525. The van der Waals surface area contributed by atoms with Crippen molar-refractivity contribution in [3.05, 3.63) is 0 Å². The zero-order chi connectivity index (χ0) is 16.2. The second-order valence-electron chi connectivity index (χ2n) is 7.31. The molecule has 128 valence electrons. The SMILES string of the molecule is CC(C)(C)OC(=O)N1CC2CC(C1)C2NCCCOCCO. The first-order valence-electron chi connectivity index (χ1n) is 8.30. The van der Waals surface area contributed by atoms with Crippen molar-refractivity contribution >= 4 is 6.09 Å². The molecule has 2 heterocycles. The fraction of sp³-hybridized carbons (Fsp3) is 0.938. The van der Waals surface area contributed by atoms with Gasteiger partial charge in [-0.05, 0) is 52.0 Å². The molecule has 1 aliphatic carbocycles. The fourth-order valence-electron chi connectivity index (χ4n) is 3.31. The third-order valence-corrected chi connectivity index (χ3v) is 4.26. The van der Waals surface area contributed by atoms with Crippen molar-refractivity contribution in [1.82, 2.24) is 10.2 Å². The number of rotatable bonds is 7. The summed E-state index contributed by atoms with van der Waals surface area (Å²) >= 11 is 0. The van der Waals surface area contributed by atoms with Crippen LogP contribution >= 0.6 is 0 Å². The molecule has 0 aromatic rings. The first-order chi connectivity index (χ1) is 10.4. The number of aliphatic hydroxyl groups excluding tert-OH is 1. The smallest absolute Gasteiger partial charge is 0.410 e. The van der Waals surface area contributed by atoms with Crippen LogP contribution in [0.5, 0.6) is 0 Å². The summed E-state index contributed by atoms with van der Waals surface area (Å²) in [7, 11) is 0. The number of nitrogens with one attached hydrogen (secondary N) is 1. The highest BCUT2D eigenvalue weighted by molar-refractivity contribution is 5.68. The van der Waals surface area contributed by atoms with Gasteiger partial charge in [0.25, 0.3) is 0 Å². The molecular formula is C16H30N2O4. The molecule has 0 aromatic carbocycles. The number of nitrogens with zero attached hydrogens (tertiary/aromatic N) is 1. The Hall–Kier alpha value is -0.850. The molecule has 0 aromatic heterocycles. The summed E-state index contributed by atoms with van der Waals surface area (Å²) in [4.78, 5) is 13.9. The van der Waals surface area contributed by atoms with Gasteiger partial charge in [0.2, 0.25) is 0 Å². The standard InChI is InChI=1S/C16H30N2O4/c1-16(2,3)22-15(20)18-10-12-9-13(11-18)14(12)17-5-4-7-21-8-6-19/h12-14,17,19H,4-11H2,1-3H3. The summed E-state index contributed by atoms with van der Waals surface area (Å²) in [5.41, 5.74) is -0.426. The molecule has 0 radical (unpaired) electrons. The Kier molecular flexibility index (Phi) is 6.06. The van der Waals surface area contributed by atoms with E-state index in [1.165, 1.54) is 6.42 Å². The largest absolute Gasteiger partial charge is 0.444 e. The van der Waals surface area contributed by atoms with Crippen molar-refractivity contribution < 1.29 is 19.4 Å². The van der Waals surface area contributed by atoms with Crippen LogP contribution in [0.1, 0.15) is 33.6 Å². The molecule has 1 amide bonds. The van der Waals surface area contributed by atoms with Crippen molar-refractivity contribution in [3.8, 4) is 0 Å². The fourth-order valence-corrected chi connectivity index (χ4v) is 3.31. The van der Waals surface area contributed by atoms with E-state index in [1.54, 1.807) is 0 Å². The van der Waals surface area contributed by atoms with E-state index in [9.17, 15) is 4.79 Å². The highest BCUT2D eigenvalue weighted by Crippen LogP contribution is 2.40. The number of ether oxygens (including phenoxy) is 2. The molecular weight excluding hydrogens is 284 g/mol. The first-order valence-corrected chi connectivity index (χ1v) is 8.30. The molecule has 2 atom stereocenters. The highest BCUT2D eigenvalue weighted by Gasteiger charge is 2.48. The van der Waals surface area contributed by atoms with Crippen LogP contribution in [-0.4, -0.2) is 67.2 Å². The van der Waals surface area contributed by atoms with Gasteiger partial charge in [-0.3, -0.25) is 0 Å². The molecule has 2 unspecified atom stereocenters. The summed E-state index contributed by atoms with van der Waals surface area (Å²) in [5, 5.41) is 12.2. The molecule has 2 N–H and O–H groups in total. The number of fused-ring (bicyclic) bond motifs is 2. The maximum absolute atomic E-state index is 12.1. The summed E-state index contributed by atoms with van der Waals surface area (Å²) in [6.45, 7) is 9.40. The van der Waals surface area contributed by atoms with Crippen LogP contribution in [0.2, 0.25) is 0 Å². The van der Waals surface area contributed by atoms with Crippen molar-refractivity contribution in [3.63, 3.8) is 0 Å². The topological polar surface area (TPSA) is 71.0 Å². The Bertz CT molecular complexity index is 358. The molecule has 2 aliphatic heterocycles. The van der Waals surface area contributed by atoms with Crippen molar-refractivity contribution in [2.24, 2.45) is 11.8 Å². The monoisotopic (exact) mass is 314 g/mol. The minimum atomic E-state index is -0.426. The number of aliphatic hydroxyl groups is 1. The normalized spacial score (nSPS) is 27.5. The van der Waals surface area contributed by atoms with Gasteiger partial charge in [-0.1, -0.05) is 0 Å². The molecule has 3 rings (SSSR count). The second kappa shape index (κ2) is 7.62. The van der Waals surface area contributed by atoms with Crippen LogP contribution in [0.3, 0.4) is 0 Å². The van der Waals surface area contributed by atoms with Gasteiger partial charge in [0.05, 0.1) is 13.2 Å². The van der Waals surface area contributed by atoms with Crippen LogP contribution in [0.4, 0.5) is 4.79 Å². The molecule has 0 spiro atoms. The van der Waals surface area contributed by atoms with E-state index in [-0.39, 0.29) is 12.7 Å². The quantitative estimate of drug-likeness (QED) is 0.692. The minimum Gasteiger partial charge on any atom is -0.444 e. The van der Waals surface area contributed by atoms with E-state index in [4.69, 9.17) is 14.6 Å². The molecule has 6 heteroatoms. The number of hydrogen-bond acceptors (Lipinski definition) is 5. The Morgan fingerprint density at radius 2 is 1.95 bits per heavy atom. The Morgan fingerprint density at radius 1 is 1.27 bits per heavy atom. The van der Waals surface area contributed by atoms with Crippen LogP contribution in [0.15, 0.2) is 0 Å². The number of carbonyl (C=O) groups is 1. The zero-order valence-corrected chi connectivity index (χ0v) is 14.0. The average Bonchev–Trinajstić information content (AvgIpc) is 2.44. The van der Waals surface area contributed by atoms with Crippen molar-refractivity contribution in [2.75, 3.05) is 39.5 Å². The van der Waals surface area contributed by atoms with E-state index < -0.39 is 5.60 Å². The average molecular weight is 314 g/mol. The van der Waals surface area contributed by atoms with Crippen LogP contribution in [0, 0.1) is 11.8 Å². The number of amides is 1. The molecule has 3 fully saturated rings. The summed E-state index contributed by atoms with van der Waals surface area (Å²) < 4.78 is 10.7. The van der Waals surface area contributed by atoms with E-state index in [0.29, 0.717) is 31.1 Å². The number of hydrogen-bond donors (Lipinski definition) is 2. The molecule has 1 saturated carbocycles. The van der Waals surface area contributed by atoms with Gasteiger partial charge in [-0.2, -0.15) is 0 Å². The van der Waals surface area contributed by atoms with Crippen LogP contribution in [0.25, 0.3) is 0 Å². The first kappa shape index (κ1) is 17.5. The van der Waals surface area contributed by atoms with E-state index in [2.05, 4.69) is 5.32 Å². The third kappa shape index (κ3) is 4.83. The van der Waals surface area contributed by atoms with Gasteiger partial charge in [-0.15, -0.1) is 0 Å². The number of piperidine rings is 2. The second-order valence-corrected chi connectivity index (χ2v) is 7.31. The lowest BCUT2D eigenvalue weighted by molar-refractivity contribution is -0.0359. The maximum atomic E-state index is 12.1. The van der Waals surface area contributed by atoms with Gasteiger partial charge in [0, 0.05) is 25.7 Å². The summed E-state index contributed by atoms with van der Waals surface area (Å²) in [6.07, 6.45) is 1.97. The van der Waals surface area contributed by atoms with Crippen molar-refractivity contribution in [1.29, 1.82) is 0 Å². The third-order valence-electron chi connectivity index (χ3n) is 4.26. The zero-order valence-electron chi connectivity index (χ0n) is 14.0.